The van der Waals surface area contributed by atoms with Crippen LogP contribution in [-0.2, 0) is 0 Å². The Bertz CT molecular complexity index is 440. The Labute approximate surface area is 120 Å². The predicted octanol–water partition coefficient (Wildman–Crippen LogP) is 2.20. The Hall–Kier alpha value is -1.55. The van der Waals surface area contributed by atoms with E-state index in [1.54, 1.807) is 0 Å². The summed E-state index contributed by atoms with van der Waals surface area (Å²) < 4.78 is 5.88. The van der Waals surface area contributed by atoms with Crippen LogP contribution >= 0.6 is 0 Å². The molecule has 0 radical (unpaired) electrons. The van der Waals surface area contributed by atoms with E-state index in [1.807, 2.05) is 38.1 Å². The van der Waals surface area contributed by atoms with Crippen molar-refractivity contribution in [2.75, 3.05) is 19.7 Å². The molecule has 1 aromatic rings. The Morgan fingerprint density at radius 2 is 2.25 bits per heavy atom. The minimum absolute atomic E-state index is 0.0719. The molecule has 2 N–H and O–H groups in total. The summed E-state index contributed by atoms with van der Waals surface area (Å²) in [4.78, 5) is 12.1. The molecule has 2 rings (SSSR count). The molecule has 4 heteroatoms. The molecule has 1 atom stereocenters. The van der Waals surface area contributed by atoms with Crippen molar-refractivity contribution in [3.63, 3.8) is 0 Å². The summed E-state index contributed by atoms with van der Waals surface area (Å²) in [6.45, 7) is 6.67. The maximum Gasteiger partial charge on any atom is 0.255 e. The van der Waals surface area contributed by atoms with Gasteiger partial charge in [0.25, 0.3) is 5.91 Å². The number of ether oxygens (including phenoxy) is 1. The Balaban J connectivity index is 1.98. The van der Waals surface area contributed by atoms with Crippen molar-refractivity contribution in [2.45, 2.75) is 32.7 Å². The van der Waals surface area contributed by atoms with E-state index >= 15 is 0 Å². The third kappa shape index (κ3) is 4.23. The van der Waals surface area contributed by atoms with Crippen LogP contribution in [0.25, 0.3) is 0 Å². The third-order valence-corrected chi connectivity index (χ3v) is 3.42. The van der Waals surface area contributed by atoms with E-state index in [1.165, 1.54) is 12.8 Å². The largest absolute Gasteiger partial charge is 0.492 e. The van der Waals surface area contributed by atoms with Gasteiger partial charge in [0, 0.05) is 18.5 Å². The molecule has 1 heterocycles. The zero-order chi connectivity index (χ0) is 14.4. The van der Waals surface area contributed by atoms with Gasteiger partial charge in [-0.3, -0.25) is 4.79 Å². The van der Waals surface area contributed by atoms with Crippen molar-refractivity contribution >= 4 is 5.91 Å². The van der Waals surface area contributed by atoms with Gasteiger partial charge in [0.15, 0.2) is 0 Å². The summed E-state index contributed by atoms with van der Waals surface area (Å²) in [6, 6.07) is 7.57. The maximum absolute atomic E-state index is 12.1. The molecule has 20 heavy (non-hydrogen) atoms. The summed E-state index contributed by atoms with van der Waals surface area (Å²) in [5.41, 5.74) is 0.616. The van der Waals surface area contributed by atoms with E-state index in [0.717, 1.165) is 13.1 Å². The minimum atomic E-state index is -0.0719. The molecular formula is C16H24N2O2. The van der Waals surface area contributed by atoms with Crippen LogP contribution in [0.3, 0.4) is 0 Å². The first-order valence-corrected chi connectivity index (χ1v) is 7.40. The molecule has 0 aliphatic carbocycles. The lowest BCUT2D eigenvalue weighted by molar-refractivity contribution is 0.0937. The van der Waals surface area contributed by atoms with Gasteiger partial charge in [-0.2, -0.15) is 0 Å². The summed E-state index contributed by atoms with van der Waals surface area (Å²) in [6.07, 6.45) is 2.39. The molecule has 1 aromatic carbocycles. The van der Waals surface area contributed by atoms with Crippen molar-refractivity contribution in [3.8, 4) is 5.75 Å². The van der Waals surface area contributed by atoms with Crippen LogP contribution < -0.4 is 15.4 Å². The average Bonchev–Trinajstić information content (AvgIpc) is 2.46. The zero-order valence-electron chi connectivity index (χ0n) is 12.3. The van der Waals surface area contributed by atoms with Crippen molar-refractivity contribution in [2.24, 2.45) is 5.92 Å². The van der Waals surface area contributed by atoms with Gasteiger partial charge in [-0.05, 0) is 45.4 Å². The molecule has 0 unspecified atom stereocenters. The number of hydrogen-bond acceptors (Lipinski definition) is 3. The summed E-state index contributed by atoms with van der Waals surface area (Å²) in [7, 11) is 0. The lowest BCUT2D eigenvalue weighted by Gasteiger charge is -2.23. The molecule has 1 fully saturated rings. The Morgan fingerprint density at radius 3 is 2.95 bits per heavy atom. The van der Waals surface area contributed by atoms with E-state index in [2.05, 4.69) is 10.6 Å². The van der Waals surface area contributed by atoms with Crippen LogP contribution in [-0.4, -0.2) is 31.6 Å². The number of hydrogen-bond donors (Lipinski definition) is 2. The lowest BCUT2D eigenvalue weighted by atomic mass is 10.0. The number of rotatable bonds is 5. The number of nitrogens with one attached hydrogen (secondary N) is 2. The van der Waals surface area contributed by atoms with E-state index in [0.29, 0.717) is 23.8 Å². The highest BCUT2D eigenvalue weighted by molar-refractivity contribution is 5.97. The fraction of sp³-hybridized carbons (Fsp3) is 0.562. The molecule has 1 aliphatic heterocycles. The number of amides is 1. The molecule has 110 valence electrons. The fourth-order valence-electron chi connectivity index (χ4n) is 2.39. The van der Waals surface area contributed by atoms with E-state index in [9.17, 15) is 4.79 Å². The van der Waals surface area contributed by atoms with Crippen LogP contribution in [0.15, 0.2) is 24.3 Å². The van der Waals surface area contributed by atoms with Gasteiger partial charge in [-0.1, -0.05) is 12.1 Å². The Kier molecular flexibility index (Phi) is 5.41. The quantitative estimate of drug-likeness (QED) is 0.867. The maximum atomic E-state index is 12.1. The van der Waals surface area contributed by atoms with Crippen LogP contribution in [0.4, 0.5) is 0 Å². The molecular weight excluding hydrogens is 252 g/mol. The normalized spacial score (nSPS) is 18.9. The van der Waals surface area contributed by atoms with E-state index < -0.39 is 0 Å². The second-order valence-corrected chi connectivity index (χ2v) is 5.65. The predicted molar refractivity (Wildman–Crippen MR) is 80.1 cm³/mol. The minimum Gasteiger partial charge on any atom is -0.492 e. The van der Waals surface area contributed by atoms with Gasteiger partial charge >= 0.3 is 0 Å². The van der Waals surface area contributed by atoms with Crippen LogP contribution in [0, 0.1) is 5.92 Å². The van der Waals surface area contributed by atoms with Gasteiger partial charge in [0.1, 0.15) is 5.75 Å². The fourth-order valence-corrected chi connectivity index (χ4v) is 2.39. The second kappa shape index (κ2) is 7.29. The van der Waals surface area contributed by atoms with Crippen LogP contribution in [0.5, 0.6) is 5.75 Å². The van der Waals surface area contributed by atoms with Gasteiger partial charge < -0.3 is 15.4 Å². The topological polar surface area (TPSA) is 50.4 Å². The summed E-state index contributed by atoms with van der Waals surface area (Å²) in [5.74, 6) is 1.14. The van der Waals surface area contributed by atoms with Crippen LogP contribution in [0.2, 0.25) is 0 Å². The van der Waals surface area contributed by atoms with Crippen molar-refractivity contribution in [1.82, 2.24) is 10.6 Å². The molecule has 1 amide bonds. The monoisotopic (exact) mass is 276 g/mol. The third-order valence-electron chi connectivity index (χ3n) is 3.42. The van der Waals surface area contributed by atoms with E-state index in [4.69, 9.17) is 4.74 Å². The molecule has 4 nitrogen and oxygen atoms in total. The van der Waals surface area contributed by atoms with Crippen molar-refractivity contribution < 1.29 is 9.53 Å². The van der Waals surface area contributed by atoms with Gasteiger partial charge in [0.05, 0.1) is 12.2 Å². The highest BCUT2D eigenvalue weighted by Crippen LogP contribution is 2.20. The average molecular weight is 276 g/mol. The number of carbonyl (C=O) groups excluding carboxylic acids is 1. The van der Waals surface area contributed by atoms with Gasteiger partial charge in [0.2, 0.25) is 0 Å². The second-order valence-electron chi connectivity index (χ2n) is 5.65. The molecule has 0 spiro atoms. The molecule has 1 aliphatic rings. The molecule has 0 aromatic heterocycles. The number of carbonyl (C=O) groups is 1. The first-order valence-electron chi connectivity index (χ1n) is 7.40. The number of piperidine rings is 1. The highest BCUT2D eigenvalue weighted by atomic mass is 16.5. The first kappa shape index (κ1) is 14.9. The number of para-hydroxylation sites is 1. The molecule has 0 bridgehead atoms. The SMILES string of the molecule is CC(C)NC(=O)c1ccccc1OC[C@@H]1CCCNC1. The van der Waals surface area contributed by atoms with Crippen molar-refractivity contribution in [1.29, 1.82) is 0 Å². The standard InChI is InChI=1S/C16H24N2O2/c1-12(2)18-16(19)14-7-3-4-8-15(14)20-11-13-6-5-9-17-10-13/h3-4,7-8,12-13,17H,5-6,9-11H2,1-2H3,(H,18,19)/t13-/m1/s1. The summed E-state index contributed by atoms with van der Waals surface area (Å²) in [5, 5.41) is 6.28. The Morgan fingerprint density at radius 1 is 1.45 bits per heavy atom. The van der Waals surface area contributed by atoms with Crippen LogP contribution in [0.1, 0.15) is 37.0 Å². The molecule has 1 saturated heterocycles. The molecule has 0 saturated carbocycles. The first-order chi connectivity index (χ1) is 9.66. The van der Waals surface area contributed by atoms with Gasteiger partial charge in [-0.15, -0.1) is 0 Å². The van der Waals surface area contributed by atoms with Crippen molar-refractivity contribution in [3.05, 3.63) is 29.8 Å². The smallest absolute Gasteiger partial charge is 0.255 e. The highest BCUT2D eigenvalue weighted by Gasteiger charge is 2.16. The van der Waals surface area contributed by atoms with Gasteiger partial charge in [-0.25, -0.2) is 0 Å². The number of benzene rings is 1. The lowest BCUT2D eigenvalue weighted by Crippen LogP contribution is -2.33. The van der Waals surface area contributed by atoms with E-state index in [-0.39, 0.29) is 11.9 Å². The zero-order valence-corrected chi connectivity index (χ0v) is 12.3. The summed E-state index contributed by atoms with van der Waals surface area (Å²) >= 11 is 0.